The Bertz CT molecular complexity index is 476. The first-order valence-corrected chi connectivity index (χ1v) is 6.56. The van der Waals surface area contributed by atoms with Crippen molar-refractivity contribution < 1.29 is 14.3 Å². The van der Waals surface area contributed by atoms with Crippen molar-refractivity contribution in [2.45, 2.75) is 19.8 Å². The zero-order chi connectivity index (χ0) is 13.8. The van der Waals surface area contributed by atoms with Crippen LogP contribution in [0.15, 0.2) is 24.3 Å². The van der Waals surface area contributed by atoms with Crippen LogP contribution in [0.3, 0.4) is 0 Å². The van der Waals surface area contributed by atoms with Gasteiger partial charge in [0.15, 0.2) is 0 Å². The van der Waals surface area contributed by atoms with Crippen molar-refractivity contribution in [2.24, 2.45) is 5.92 Å². The molecule has 1 heterocycles. The molecule has 102 valence electrons. The molecule has 1 amide bonds. The topological polar surface area (TPSA) is 46.6 Å². The van der Waals surface area contributed by atoms with E-state index in [0.29, 0.717) is 24.4 Å². The summed E-state index contributed by atoms with van der Waals surface area (Å²) in [5.41, 5.74) is 0.589. The van der Waals surface area contributed by atoms with Crippen LogP contribution in [0.1, 0.15) is 30.1 Å². The maximum atomic E-state index is 12.4. The normalized spacial score (nSPS) is 16.2. The first kappa shape index (κ1) is 13.6. The van der Waals surface area contributed by atoms with E-state index in [1.54, 1.807) is 31.1 Å². The van der Waals surface area contributed by atoms with Gasteiger partial charge in [-0.1, -0.05) is 12.1 Å². The van der Waals surface area contributed by atoms with Crippen LogP contribution in [-0.2, 0) is 4.79 Å². The molecule has 0 aliphatic carbocycles. The monoisotopic (exact) mass is 261 g/mol. The van der Waals surface area contributed by atoms with Crippen molar-refractivity contribution in [3.63, 3.8) is 0 Å². The summed E-state index contributed by atoms with van der Waals surface area (Å²) in [5, 5.41) is 0. The van der Waals surface area contributed by atoms with Gasteiger partial charge in [-0.2, -0.15) is 0 Å². The number of benzene rings is 1. The second kappa shape index (κ2) is 5.87. The predicted octanol–water partition coefficient (Wildman–Crippen LogP) is 2.14. The molecule has 1 aromatic carbocycles. The molecule has 0 radical (unpaired) electrons. The number of amides is 1. The molecule has 0 unspecified atom stereocenters. The van der Waals surface area contributed by atoms with E-state index in [1.807, 2.05) is 12.1 Å². The van der Waals surface area contributed by atoms with Gasteiger partial charge >= 0.3 is 0 Å². The molecular weight excluding hydrogens is 242 g/mol. The number of carbonyl (C=O) groups excluding carboxylic acids is 2. The minimum Gasteiger partial charge on any atom is -0.496 e. The number of hydrogen-bond acceptors (Lipinski definition) is 3. The van der Waals surface area contributed by atoms with E-state index in [0.717, 1.165) is 12.8 Å². The van der Waals surface area contributed by atoms with Crippen LogP contribution in [0.25, 0.3) is 0 Å². The van der Waals surface area contributed by atoms with E-state index in [9.17, 15) is 9.59 Å². The van der Waals surface area contributed by atoms with Gasteiger partial charge in [0.25, 0.3) is 5.91 Å². The van der Waals surface area contributed by atoms with Crippen LogP contribution in [0.2, 0.25) is 0 Å². The molecule has 1 fully saturated rings. The second-order valence-corrected chi connectivity index (χ2v) is 4.88. The molecule has 0 saturated carbocycles. The van der Waals surface area contributed by atoms with Gasteiger partial charge in [-0.3, -0.25) is 9.59 Å². The first-order chi connectivity index (χ1) is 9.13. The number of para-hydroxylation sites is 1. The molecule has 0 bridgehead atoms. The van der Waals surface area contributed by atoms with Crippen LogP contribution in [0.4, 0.5) is 0 Å². The number of rotatable bonds is 3. The maximum absolute atomic E-state index is 12.4. The van der Waals surface area contributed by atoms with Crippen LogP contribution < -0.4 is 4.74 Å². The fraction of sp³-hybridized carbons (Fsp3) is 0.467. The largest absolute Gasteiger partial charge is 0.496 e. The van der Waals surface area contributed by atoms with E-state index in [1.165, 1.54) is 0 Å². The van der Waals surface area contributed by atoms with Gasteiger partial charge in [0.05, 0.1) is 12.7 Å². The lowest BCUT2D eigenvalue weighted by Gasteiger charge is -2.31. The highest BCUT2D eigenvalue weighted by atomic mass is 16.5. The van der Waals surface area contributed by atoms with Crippen LogP contribution in [0.5, 0.6) is 5.75 Å². The summed E-state index contributed by atoms with van der Waals surface area (Å²) in [6.45, 7) is 2.91. The summed E-state index contributed by atoms with van der Waals surface area (Å²) in [7, 11) is 1.56. The van der Waals surface area contributed by atoms with Gasteiger partial charge in [-0.25, -0.2) is 0 Å². The maximum Gasteiger partial charge on any atom is 0.257 e. The number of ether oxygens (including phenoxy) is 1. The SMILES string of the molecule is COc1ccccc1C(=O)N1CCC(C(C)=O)CC1. The zero-order valence-corrected chi connectivity index (χ0v) is 11.4. The van der Waals surface area contributed by atoms with Gasteiger partial charge in [-0.05, 0) is 31.9 Å². The van der Waals surface area contributed by atoms with Crippen LogP contribution in [0, 0.1) is 5.92 Å². The smallest absolute Gasteiger partial charge is 0.257 e. The molecule has 19 heavy (non-hydrogen) atoms. The third-order valence-electron chi connectivity index (χ3n) is 3.69. The molecule has 0 aromatic heterocycles. The highest BCUT2D eigenvalue weighted by molar-refractivity contribution is 5.97. The molecule has 4 nitrogen and oxygen atoms in total. The zero-order valence-electron chi connectivity index (χ0n) is 11.4. The molecule has 1 saturated heterocycles. The van der Waals surface area contributed by atoms with E-state index in [4.69, 9.17) is 4.74 Å². The molecule has 1 aliphatic heterocycles. The predicted molar refractivity (Wildman–Crippen MR) is 72.3 cm³/mol. The number of likely N-dealkylation sites (tertiary alicyclic amines) is 1. The Morgan fingerprint density at radius 1 is 1.21 bits per heavy atom. The number of piperidine rings is 1. The Balaban J connectivity index is 2.07. The van der Waals surface area contributed by atoms with Crippen molar-refractivity contribution in [3.05, 3.63) is 29.8 Å². The van der Waals surface area contributed by atoms with E-state index < -0.39 is 0 Å². The van der Waals surface area contributed by atoms with E-state index in [2.05, 4.69) is 0 Å². The highest BCUT2D eigenvalue weighted by Gasteiger charge is 2.26. The Morgan fingerprint density at radius 2 is 1.84 bits per heavy atom. The third kappa shape index (κ3) is 2.95. The van der Waals surface area contributed by atoms with Crippen molar-refractivity contribution in [1.29, 1.82) is 0 Å². The van der Waals surface area contributed by atoms with Gasteiger partial charge in [-0.15, -0.1) is 0 Å². The number of Topliss-reactive ketones (excluding diaryl/α,β-unsaturated/α-hetero) is 1. The lowest BCUT2D eigenvalue weighted by molar-refractivity contribution is -0.121. The van der Waals surface area contributed by atoms with Gasteiger partial charge in [0, 0.05) is 19.0 Å². The lowest BCUT2D eigenvalue weighted by atomic mass is 9.93. The van der Waals surface area contributed by atoms with Crippen molar-refractivity contribution >= 4 is 11.7 Å². The summed E-state index contributed by atoms with van der Waals surface area (Å²) in [6, 6.07) is 7.24. The van der Waals surface area contributed by atoms with Crippen molar-refractivity contribution in [1.82, 2.24) is 4.90 Å². The molecule has 0 N–H and O–H groups in total. The molecule has 0 atom stereocenters. The third-order valence-corrected chi connectivity index (χ3v) is 3.69. The quantitative estimate of drug-likeness (QED) is 0.837. The average Bonchev–Trinajstić information content (AvgIpc) is 2.46. The molecule has 2 rings (SSSR count). The minimum atomic E-state index is -0.0144. The summed E-state index contributed by atoms with van der Waals surface area (Å²) in [5.74, 6) is 0.923. The second-order valence-electron chi connectivity index (χ2n) is 4.88. The van der Waals surface area contributed by atoms with Gasteiger partial charge in [0.2, 0.25) is 0 Å². The number of hydrogen-bond donors (Lipinski definition) is 0. The standard InChI is InChI=1S/C15H19NO3/c1-11(17)12-7-9-16(10-8-12)15(18)13-5-3-4-6-14(13)19-2/h3-6,12H,7-10H2,1-2H3. The molecule has 0 spiro atoms. The van der Waals surface area contributed by atoms with Crippen molar-refractivity contribution in [2.75, 3.05) is 20.2 Å². The average molecular weight is 261 g/mol. The Labute approximate surface area is 113 Å². The van der Waals surface area contributed by atoms with Crippen molar-refractivity contribution in [3.8, 4) is 5.75 Å². The summed E-state index contributed by atoms with van der Waals surface area (Å²) in [4.78, 5) is 25.5. The fourth-order valence-corrected chi connectivity index (χ4v) is 2.48. The Kier molecular flexibility index (Phi) is 4.20. The molecule has 1 aromatic rings. The number of ketones is 1. The first-order valence-electron chi connectivity index (χ1n) is 6.56. The van der Waals surface area contributed by atoms with Gasteiger partial charge in [0.1, 0.15) is 11.5 Å². The minimum absolute atomic E-state index is 0.0144. The summed E-state index contributed by atoms with van der Waals surface area (Å²) in [6.07, 6.45) is 1.52. The highest BCUT2D eigenvalue weighted by Crippen LogP contribution is 2.23. The lowest BCUT2D eigenvalue weighted by Crippen LogP contribution is -2.40. The number of carbonyl (C=O) groups is 2. The summed E-state index contributed by atoms with van der Waals surface area (Å²) >= 11 is 0. The van der Waals surface area contributed by atoms with E-state index in [-0.39, 0.29) is 17.6 Å². The molecule has 1 aliphatic rings. The van der Waals surface area contributed by atoms with E-state index >= 15 is 0 Å². The fourth-order valence-electron chi connectivity index (χ4n) is 2.48. The molecular formula is C15H19NO3. The van der Waals surface area contributed by atoms with Crippen LogP contribution >= 0.6 is 0 Å². The Hall–Kier alpha value is -1.84. The number of nitrogens with zero attached hydrogens (tertiary/aromatic N) is 1. The summed E-state index contributed by atoms with van der Waals surface area (Å²) < 4.78 is 5.22. The van der Waals surface area contributed by atoms with Crippen LogP contribution in [-0.4, -0.2) is 36.8 Å². The molecule has 4 heteroatoms. The van der Waals surface area contributed by atoms with Gasteiger partial charge < -0.3 is 9.64 Å². The Morgan fingerprint density at radius 3 is 2.42 bits per heavy atom. The number of methoxy groups -OCH3 is 1.